The van der Waals surface area contributed by atoms with E-state index in [-0.39, 0.29) is 5.69 Å². The van der Waals surface area contributed by atoms with Crippen LogP contribution in [-0.4, -0.2) is 10.9 Å². The maximum absolute atomic E-state index is 10.8. The summed E-state index contributed by atoms with van der Waals surface area (Å²) in [6.07, 6.45) is 0. The van der Waals surface area contributed by atoms with Crippen molar-refractivity contribution < 1.29 is 4.92 Å². The number of nitro benzene ring substituents is 1. The monoisotopic (exact) mass is 380 g/mol. The molecule has 1 aromatic heterocycles. The molecule has 0 fully saturated rings. The topological polar surface area (TPSA) is 79.6 Å². The van der Waals surface area contributed by atoms with E-state index in [0.717, 1.165) is 11.1 Å². The molecule has 0 spiro atoms. The second-order valence-corrected chi connectivity index (χ2v) is 6.89. The van der Waals surface area contributed by atoms with Gasteiger partial charge in [0, 0.05) is 23.6 Å². The van der Waals surface area contributed by atoms with Crippen molar-refractivity contribution in [1.82, 2.24) is 10.6 Å². The number of non-ortho nitro benzene ring substituents is 1. The highest BCUT2D eigenvalue weighted by molar-refractivity contribution is 7.09. The Bertz CT molecular complexity index is 878. The van der Waals surface area contributed by atoms with Crippen LogP contribution in [0.25, 0.3) is 0 Å². The Kier molecular flexibility index (Phi) is 6.54. The van der Waals surface area contributed by atoms with Crippen LogP contribution in [0.1, 0.15) is 16.0 Å². The SMILES string of the molecule is O=[N+]([O-])c1ccc(CNC(=NCc2ccccc2)NCc2cccs2)cc1. The molecule has 2 N–H and O–H groups in total. The number of hydrogen-bond acceptors (Lipinski definition) is 4. The molecule has 0 unspecified atom stereocenters. The van der Waals surface area contributed by atoms with Gasteiger partial charge in [0.2, 0.25) is 0 Å². The minimum atomic E-state index is -0.396. The standard InChI is InChI=1S/C20H20N4O2S/c25-24(26)18-10-8-17(9-11-18)14-22-20(23-15-19-7-4-12-27-19)21-13-16-5-2-1-3-6-16/h1-12H,13-15H2,(H2,21,22,23). The highest BCUT2D eigenvalue weighted by Gasteiger charge is 2.05. The molecule has 0 bridgehead atoms. The maximum Gasteiger partial charge on any atom is 0.269 e. The van der Waals surface area contributed by atoms with Gasteiger partial charge in [-0.25, -0.2) is 4.99 Å². The zero-order chi connectivity index (χ0) is 18.9. The number of nitro groups is 1. The summed E-state index contributed by atoms with van der Waals surface area (Å²) in [5.74, 6) is 0.700. The number of nitrogens with zero attached hydrogens (tertiary/aromatic N) is 2. The fraction of sp³-hybridized carbons (Fsp3) is 0.150. The number of rotatable bonds is 7. The van der Waals surface area contributed by atoms with Crippen LogP contribution in [0, 0.1) is 10.1 Å². The van der Waals surface area contributed by atoms with E-state index < -0.39 is 4.92 Å². The van der Waals surface area contributed by atoms with Gasteiger partial charge in [-0.1, -0.05) is 48.5 Å². The molecule has 0 saturated carbocycles. The molecule has 27 heavy (non-hydrogen) atoms. The summed E-state index contributed by atoms with van der Waals surface area (Å²) in [6, 6.07) is 20.7. The summed E-state index contributed by atoms with van der Waals surface area (Å²) >= 11 is 1.69. The summed E-state index contributed by atoms with van der Waals surface area (Å²) < 4.78 is 0. The molecule has 2 aromatic carbocycles. The maximum atomic E-state index is 10.8. The highest BCUT2D eigenvalue weighted by atomic mass is 32.1. The first kappa shape index (κ1) is 18.6. The largest absolute Gasteiger partial charge is 0.352 e. The molecule has 6 nitrogen and oxygen atoms in total. The van der Waals surface area contributed by atoms with Gasteiger partial charge in [-0.05, 0) is 22.6 Å². The van der Waals surface area contributed by atoms with Crippen molar-refractivity contribution in [3.63, 3.8) is 0 Å². The number of aliphatic imine (C=N–C) groups is 1. The Morgan fingerprint density at radius 3 is 2.33 bits per heavy atom. The van der Waals surface area contributed by atoms with Gasteiger partial charge < -0.3 is 10.6 Å². The van der Waals surface area contributed by atoms with Gasteiger partial charge in [-0.2, -0.15) is 0 Å². The predicted octanol–water partition coefficient (Wildman–Crippen LogP) is 4.09. The molecular formula is C20H20N4O2S. The minimum Gasteiger partial charge on any atom is -0.352 e. The molecule has 0 radical (unpaired) electrons. The number of thiophene rings is 1. The molecule has 0 atom stereocenters. The van der Waals surface area contributed by atoms with E-state index in [0.29, 0.717) is 25.6 Å². The van der Waals surface area contributed by atoms with Crippen molar-refractivity contribution in [2.24, 2.45) is 4.99 Å². The van der Waals surface area contributed by atoms with E-state index in [1.807, 2.05) is 41.8 Å². The lowest BCUT2D eigenvalue weighted by atomic mass is 10.2. The molecule has 3 rings (SSSR count). The molecule has 7 heteroatoms. The van der Waals surface area contributed by atoms with E-state index in [9.17, 15) is 10.1 Å². The molecule has 0 aliphatic heterocycles. The number of benzene rings is 2. The third-order valence-electron chi connectivity index (χ3n) is 3.88. The van der Waals surface area contributed by atoms with Gasteiger partial charge in [0.25, 0.3) is 5.69 Å². The first-order chi connectivity index (χ1) is 13.2. The normalized spacial score (nSPS) is 11.2. The lowest BCUT2D eigenvalue weighted by Crippen LogP contribution is -2.36. The van der Waals surface area contributed by atoms with E-state index >= 15 is 0 Å². The Balaban J connectivity index is 1.63. The lowest BCUT2D eigenvalue weighted by Gasteiger charge is -2.12. The second-order valence-electron chi connectivity index (χ2n) is 5.86. The average Bonchev–Trinajstić information content (AvgIpc) is 3.22. The highest BCUT2D eigenvalue weighted by Crippen LogP contribution is 2.12. The number of hydrogen-bond donors (Lipinski definition) is 2. The minimum absolute atomic E-state index is 0.0903. The predicted molar refractivity (Wildman–Crippen MR) is 109 cm³/mol. The third-order valence-corrected chi connectivity index (χ3v) is 4.76. The summed E-state index contributed by atoms with van der Waals surface area (Å²) in [6.45, 7) is 1.79. The van der Waals surface area contributed by atoms with E-state index in [2.05, 4.69) is 21.7 Å². The molecule has 0 aliphatic rings. The van der Waals surface area contributed by atoms with Gasteiger partial charge in [-0.15, -0.1) is 11.3 Å². The van der Waals surface area contributed by atoms with Crippen LogP contribution in [0.15, 0.2) is 77.1 Å². The van der Waals surface area contributed by atoms with Crippen LogP contribution in [0.3, 0.4) is 0 Å². The number of guanidine groups is 1. The Hall–Kier alpha value is -3.19. The Morgan fingerprint density at radius 2 is 1.67 bits per heavy atom. The summed E-state index contributed by atoms with van der Waals surface area (Å²) in [4.78, 5) is 16.2. The molecule has 138 valence electrons. The average molecular weight is 380 g/mol. The zero-order valence-corrected chi connectivity index (χ0v) is 15.5. The van der Waals surface area contributed by atoms with Gasteiger partial charge in [0.1, 0.15) is 0 Å². The van der Waals surface area contributed by atoms with E-state index in [4.69, 9.17) is 0 Å². The smallest absolute Gasteiger partial charge is 0.269 e. The van der Waals surface area contributed by atoms with Gasteiger partial charge in [0.05, 0.1) is 18.0 Å². The lowest BCUT2D eigenvalue weighted by molar-refractivity contribution is -0.384. The van der Waals surface area contributed by atoms with Crippen molar-refractivity contribution in [2.75, 3.05) is 0 Å². The van der Waals surface area contributed by atoms with Crippen LogP contribution >= 0.6 is 11.3 Å². The fourth-order valence-corrected chi connectivity index (χ4v) is 3.08. The molecule has 0 aliphatic carbocycles. The zero-order valence-electron chi connectivity index (χ0n) is 14.7. The van der Waals surface area contributed by atoms with Crippen LogP contribution in [0.5, 0.6) is 0 Å². The van der Waals surface area contributed by atoms with Crippen molar-refractivity contribution >= 4 is 23.0 Å². The summed E-state index contributed by atoms with van der Waals surface area (Å²) in [5, 5.41) is 19.4. The van der Waals surface area contributed by atoms with Crippen molar-refractivity contribution in [3.05, 3.63) is 98.2 Å². The fourth-order valence-electron chi connectivity index (χ4n) is 2.43. The molecule has 0 saturated heterocycles. The Morgan fingerprint density at radius 1 is 0.926 bits per heavy atom. The molecule has 0 amide bonds. The first-order valence-corrected chi connectivity index (χ1v) is 9.40. The third kappa shape index (κ3) is 5.93. The summed E-state index contributed by atoms with van der Waals surface area (Å²) in [5.41, 5.74) is 2.17. The quantitative estimate of drug-likeness (QED) is 0.280. The van der Waals surface area contributed by atoms with Gasteiger partial charge in [0.15, 0.2) is 5.96 Å². The van der Waals surface area contributed by atoms with Crippen LogP contribution < -0.4 is 10.6 Å². The van der Waals surface area contributed by atoms with E-state index in [1.165, 1.54) is 17.0 Å². The second kappa shape index (κ2) is 9.49. The van der Waals surface area contributed by atoms with Gasteiger partial charge in [-0.3, -0.25) is 10.1 Å². The first-order valence-electron chi connectivity index (χ1n) is 8.52. The van der Waals surface area contributed by atoms with Gasteiger partial charge >= 0.3 is 0 Å². The molecular weight excluding hydrogens is 360 g/mol. The van der Waals surface area contributed by atoms with E-state index in [1.54, 1.807) is 23.5 Å². The van der Waals surface area contributed by atoms with Crippen LogP contribution in [0.2, 0.25) is 0 Å². The Labute approximate surface area is 161 Å². The molecule has 1 heterocycles. The van der Waals surface area contributed by atoms with Crippen LogP contribution in [0.4, 0.5) is 5.69 Å². The van der Waals surface area contributed by atoms with Crippen molar-refractivity contribution in [3.8, 4) is 0 Å². The molecule has 3 aromatic rings. The van der Waals surface area contributed by atoms with Crippen molar-refractivity contribution in [2.45, 2.75) is 19.6 Å². The van der Waals surface area contributed by atoms with Crippen LogP contribution in [-0.2, 0) is 19.6 Å². The summed E-state index contributed by atoms with van der Waals surface area (Å²) in [7, 11) is 0. The van der Waals surface area contributed by atoms with Crippen molar-refractivity contribution in [1.29, 1.82) is 0 Å². The number of nitrogens with one attached hydrogen (secondary N) is 2.